The molecule has 0 aromatic carbocycles. The van der Waals surface area contributed by atoms with Crippen molar-refractivity contribution in [1.82, 2.24) is 9.88 Å². The van der Waals surface area contributed by atoms with E-state index in [1.165, 1.54) is 0 Å². The largest absolute Gasteiger partial charge is 0.379 e. The van der Waals surface area contributed by atoms with Crippen LogP contribution in [0.1, 0.15) is 12.1 Å². The standard InChI is InChI=1S/C12H16Cl2N2O/c13-10-3-4-12(14)15-11(10)2-1-5-16-6-8-17-9-7-16/h3-4H,1-2,5-9H2. The monoisotopic (exact) mass is 274 g/mol. The van der Waals surface area contributed by atoms with Crippen LogP contribution in [0.25, 0.3) is 0 Å². The van der Waals surface area contributed by atoms with E-state index in [9.17, 15) is 0 Å². The molecule has 2 rings (SSSR count). The fourth-order valence-corrected chi connectivity index (χ4v) is 2.29. The normalized spacial score (nSPS) is 17.3. The van der Waals surface area contributed by atoms with Crippen molar-refractivity contribution in [2.45, 2.75) is 12.8 Å². The maximum atomic E-state index is 6.06. The van der Waals surface area contributed by atoms with Crippen molar-refractivity contribution in [3.8, 4) is 0 Å². The smallest absolute Gasteiger partial charge is 0.129 e. The van der Waals surface area contributed by atoms with Gasteiger partial charge in [0, 0.05) is 13.1 Å². The molecule has 1 aliphatic rings. The van der Waals surface area contributed by atoms with Crippen molar-refractivity contribution in [2.75, 3.05) is 32.8 Å². The van der Waals surface area contributed by atoms with Crippen molar-refractivity contribution in [3.05, 3.63) is 28.0 Å². The molecule has 1 aromatic rings. The molecule has 2 heterocycles. The molecule has 1 aliphatic heterocycles. The summed E-state index contributed by atoms with van der Waals surface area (Å²) in [7, 11) is 0. The van der Waals surface area contributed by atoms with Crippen LogP contribution in [0, 0.1) is 0 Å². The Balaban J connectivity index is 1.79. The molecule has 3 nitrogen and oxygen atoms in total. The van der Waals surface area contributed by atoms with Gasteiger partial charge in [-0.3, -0.25) is 4.90 Å². The van der Waals surface area contributed by atoms with Crippen LogP contribution in [0.3, 0.4) is 0 Å². The van der Waals surface area contributed by atoms with Crippen molar-refractivity contribution >= 4 is 23.2 Å². The Kier molecular flexibility index (Phi) is 5.04. The lowest BCUT2D eigenvalue weighted by atomic mass is 10.2. The molecule has 0 N–H and O–H groups in total. The molecule has 0 aliphatic carbocycles. The number of nitrogens with zero attached hydrogens (tertiary/aromatic N) is 2. The lowest BCUT2D eigenvalue weighted by Gasteiger charge is -2.26. The van der Waals surface area contributed by atoms with Gasteiger partial charge >= 0.3 is 0 Å². The zero-order valence-electron chi connectivity index (χ0n) is 9.66. The highest BCUT2D eigenvalue weighted by molar-refractivity contribution is 6.32. The summed E-state index contributed by atoms with van der Waals surface area (Å²) in [5.74, 6) is 0. The van der Waals surface area contributed by atoms with E-state index in [1.54, 1.807) is 12.1 Å². The van der Waals surface area contributed by atoms with Gasteiger partial charge in [-0.25, -0.2) is 4.98 Å². The van der Waals surface area contributed by atoms with Gasteiger partial charge in [-0.15, -0.1) is 0 Å². The third-order valence-electron chi connectivity index (χ3n) is 2.88. The van der Waals surface area contributed by atoms with E-state index in [4.69, 9.17) is 27.9 Å². The molecule has 0 amide bonds. The van der Waals surface area contributed by atoms with Crippen LogP contribution in [0.2, 0.25) is 10.2 Å². The van der Waals surface area contributed by atoms with E-state index >= 15 is 0 Å². The average Bonchev–Trinajstić information content (AvgIpc) is 2.35. The minimum Gasteiger partial charge on any atom is -0.379 e. The predicted molar refractivity (Wildman–Crippen MR) is 69.8 cm³/mol. The van der Waals surface area contributed by atoms with Gasteiger partial charge in [-0.05, 0) is 31.5 Å². The minimum atomic E-state index is 0.510. The summed E-state index contributed by atoms with van der Waals surface area (Å²) in [4.78, 5) is 6.65. The first kappa shape index (κ1) is 13.1. The molecule has 0 spiro atoms. The molecular weight excluding hydrogens is 259 g/mol. The maximum Gasteiger partial charge on any atom is 0.129 e. The summed E-state index contributed by atoms with van der Waals surface area (Å²) in [6.07, 6.45) is 1.92. The van der Waals surface area contributed by atoms with Crippen LogP contribution in [0.15, 0.2) is 12.1 Å². The first-order valence-electron chi connectivity index (χ1n) is 5.87. The molecule has 17 heavy (non-hydrogen) atoms. The van der Waals surface area contributed by atoms with Crippen LogP contribution >= 0.6 is 23.2 Å². The second-order valence-corrected chi connectivity index (χ2v) is 4.91. The second-order valence-electron chi connectivity index (χ2n) is 4.12. The van der Waals surface area contributed by atoms with Gasteiger partial charge in [-0.1, -0.05) is 23.2 Å². The van der Waals surface area contributed by atoms with Gasteiger partial charge in [0.15, 0.2) is 0 Å². The molecule has 0 atom stereocenters. The Bertz CT molecular complexity index is 368. The molecule has 5 heteroatoms. The highest BCUT2D eigenvalue weighted by Gasteiger charge is 2.10. The Morgan fingerprint density at radius 1 is 1.24 bits per heavy atom. The number of rotatable bonds is 4. The fourth-order valence-electron chi connectivity index (χ4n) is 1.93. The van der Waals surface area contributed by atoms with Gasteiger partial charge in [0.2, 0.25) is 0 Å². The van der Waals surface area contributed by atoms with Gasteiger partial charge in [0.1, 0.15) is 5.15 Å². The highest BCUT2D eigenvalue weighted by atomic mass is 35.5. The van der Waals surface area contributed by atoms with E-state index in [2.05, 4.69) is 9.88 Å². The number of hydrogen-bond donors (Lipinski definition) is 0. The Labute approximate surface area is 112 Å². The maximum absolute atomic E-state index is 6.06. The number of morpholine rings is 1. The highest BCUT2D eigenvalue weighted by Crippen LogP contribution is 2.18. The lowest BCUT2D eigenvalue weighted by Crippen LogP contribution is -2.36. The van der Waals surface area contributed by atoms with E-state index in [-0.39, 0.29) is 0 Å². The summed E-state index contributed by atoms with van der Waals surface area (Å²) < 4.78 is 5.31. The van der Waals surface area contributed by atoms with Crippen molar-refractivity contribution in [3.63, 3.8) is 0 Å². The Morgan fingerprint density at radius 3 is 2.76 bits per heavy atom. The van der Waals surface area contributed by atoms with E-state index in [0.717, 1.165) is 51.4 Å². The number of halogens is 2. The fraction of sp³-hybridized carbons (Fsp3) is 0.583. The minimum absolute atomic E-state index is 0.510. The van der Waals surface area contributed by atoms with Crippen LogP contribution < -0.4 is 0 Å². The summed E-state index contributed by atoms with van der Waals surface area (Å²) in [6.45, 7) is 4.80. The van der Waals surface area contributed by atoms with Gasteiger partial charge in [0.25, 0.3) is 0 Å². The van der Waals surface area contributed by atoms with Crippen LogP contribution in [-0.2, 0) is 11.2 Å². The molecule has 1 saturated heterocycles. The lowest BCUT2D eigenvalue weighted by molar-refractivity contribution is 0.0374. The zero-order valence-corrected chi connectivity index (χ0v) is 11.2. The van der Waals surface area contributed by atoms with Crippen LogP contribution in [0.5, 0.6) is 0 Å². The number of aryl methyl sites for hydroxylation is 1. The van der Waals surface area contributed by atoms with E-state index in [1.807, 2.05) is 0 Å². The molecule has 0 saturated carbocycles. The SMILES string of the molecule is Clc1ccc(Cl)c(CCCN2CCOCC2)n1. The van der Waals surface area contributed by atoms with E-state index < -0.39 is 0 Å². The third-order valence-corrected chi connectivity index (χ3v) is 3.43. The summed E-state index contributed by atoms with van der Waals surface area (Å²) in [5.41, 5.74) is 0.896. The molecule has 1 fully saturated rings. The Morgan fingerprint density at radius 2 is 2.00 bits per heavy atom. The third kappa shape index (κ3) is 4.11. The topological polar surface area (TPSA) is 25.4 Å². The van der Waals surface area contributed by atoms with Crippen LogP contribution in [0.4, 0.5) is 0 Å². The predicted octanol–water partition coefficient (Wildman–Crippen LogP) is 2.65. The molecule has 0 bridgehead atoms. The molecule has 0 radical (unpaired) electrons. The number of pyridine rings is 1. The number of aromatic nitrogens is 1. The summed E-state index contributed by atoms with van der Waals surface area (Å²) in [5, 5.41) is 1.21. The number of hydrogen-bond acceptors (Lipinski definition) is 3. The first-order valence-corrected chi connectivity index (χ1v) is 6.62. The van der Waals surface area contributed by atoms with Gasteiger partial charge in [0.05, 0.1) is 23.9 Å². The summed E-state index contributed by atoms with van der Waals surface area (Å²) >= 11 is 11.9. The van der Waals surface area contributed by atoms with Crippen LogP contribution in [-0.4, -0.2) is 42.7 Å². The Hall–Kier alpha value is -0.350. The molecule has 0 unspecified atom stereocenters. The van der Waals surface area contributed by atoms with Crippen molar-refractivity contribution < 1.29 is 4.74 Å². The van der Waals surface area contributed by atoms with Crippen molar-refractivity contribution in [2.24, 2.45) is 0 Å². The average molecular weight is 275 g/mol. The van der Waals surface area contributed by atoms with Gasteiger partial charge < -0.3 is 4.74 Å². The number of ether oxygens (including phenoxy) is 1. The van der Waals surface area contributed by atoms with Crippen molar-refractivity contribution in [1.29, 1.82) is 0 Å². The van der Waals surface area contributed by atoms with Gasteiger partial charge in [-0.2, -0.15) is 0 Å². The zero-order chi connectivity index (χ0) is 12.1. The molecule has 94 valence electrons. The van der Waals surface area contributed by atoms with E-state index in [0.29, 0.717) is 10.2 Å². The summed E-state index contributed by atoms with van der Waals surface area (Å²) in [6, 6.07) is 3.52. The second kappa shape index (κ2) is 6.55. The quantitative estimate of drug-likeness (QED) is 0.790. The first-order chi connectivity index (χ1) is 8.25. The molecule has 1 aromatic heterocycles. The molecular formula is C12H16Cl2N2O.